The number of pyridine rings is 1. The molecule has 1 aliphatic carbocycles. The van der Waals surface area contributed by atoms with E-state index in [1.54, 1.807) is 0 Å². The number of carbonyl (C=O) groups excluding carboxylic acids is 1. The Labute approximate surface area is 169 Å². The maximum Gasteiger partial charge on any atom is 0.433 e. The number of hydrogen-bond donors (Lipinski definition) is 2. The molecule has 4 rings (SSSR count). The van der Waals surface area contributed by atoms with E-state index in [0.29, 0.717) is 35.9 Å². The average Bonchev–Trinajstić information content (AvgIpc) is 3.00. The highest BCUT2D eigenvalue weighted by Gasteiger charge is 2.38. The van der Waals surface area contributed by atoms with Crippen molar-refractivity contribution in [3.8, 4) is 0 Å². The molecule has 29 heavy (non-hydrogen) atoms. The summed E-state index contributed by atoms with van der Waals surface area (Å²) >= 11 is 0.916. The standard InChI is InChI=1S/C21H20F3N3OS/c1-10-7-8-11(2)14(9-10)26-19(28)17-16(25)15-12-5-3-4-6-13(12)18(21(22,23)24)27-20(15)29-17/h7-9H,3-6,25H2,1-2H3,(H,26,28). The Kier molecular flexibility index (Phi) is 4.77. The number of nitrogens with zero attached hydrogens (tertiary/aromatic N) is 1. The molecule has 0 bridgehead atoms. The molecule has 3 N–H and O–H groups in total. The lowest BCUT2D eigenvalue weighted by atomic mass is 9.88. The minimum atomic E-state index is -4.53. The van der Waals surface area contributed by atoms with Gasteiger partial charge in [-0.25, -0.2) is 4.98 Å². The summed E-state index contributed by atoms with van der Waals surface area (Å²) in [7, 11) is 0. The first kappa shape index (κ1) is 19.7. The van der Waals surface area contributed by atoms with Crippen molar-refractivity contribution in [2.45, 2.75) is 45.7 Å². The number of amides is 1. The fourth-order valence-corrected chi connectivity index (χ4v) is 4.89. The zero-order chi connectivity index (χ0) is 20.9. The molecule has 2 heterocycles. The average molecular weight is 419 g/mol. The van der Waals surface area contributed by atoms with E-state index >= 15 is 0 Å². The third kappa shape index (κ3) is 3.46. The van der Waals surface area contributed by atoms with E-state index in [4.69, 9.17) is 5.73 Å². The molecule has 0 fully saturated rings. The van der Waals surface area contributed by atoms with Crippen molar-refractivity contribution in [1.29, 1.82) is 0 Å². The first-order valence-electron chi connectivity index (χ1n) is 9.36. The molecular formula is C21H20F3N3OS. The van der Waals surface area contributed by atoms with Gasteiger partial charge in [0.15, 0.2) is 0 Å². The quantitative estimate of drug-likeness (QED) is 0.564. The Bertz CT molecular complexity index is 1130. The molecular weight excluding hydrogens is 399 g/mol. The predicted molar refractivity (Wildman–Crippen MR) is 110 cm³/mol. The second-order valence-electron chi connectivity index (χ2n) is 7.42. The Hall–Kier alpha value is -2.61. The van der Waals surface area contributed by atoms with Crippen LogP contribution in [0.15, 0.2) is 18.2 Å². The molecule has 152 valence electrons. The van der Waals surface area contributed by atoms with Crippen LogP contribution in [0.2, 0.25) is 0 Å². The van der Waals surface area contributed by atoms with E-state index < -0.39 is 17.8 Å². The van der Waals surface area contributed by atoms with Crippen LogP contribution >= 0.6 is 11.3 Å². The topological polar surface area (TPSA) is 68.0 Å². The van der Waals surface area contributed by atoms with Gasteiger partial charge >= 0.3 is 6.18 Å². The van der Waals surface area contributed by atoms with Crippen molar-refractivity contribution in [2.75, 3.05) is 11.1 Å². The second-order valence-corrected chi connectivity index (χ2v) is 8.42. The van der Waals surface area contributed by atoms with E-state index in [-0.39, 0.29) is 21.0 Å². The number of hydrogen-bond acceptors (Lipinski definition) is 4. The van der Waals surface area contributed by atoms with Crippen LogP contribution < -0.4 is 11.1 Å². The van der Waals surface area contributed by atoms with Crippen molar-refractivity contribution in [3.05, 3.63) is 51.0 Å². The maximum atomic E-state index is 13.6. The Balaban J connectivity index is 1.83. The number of nitrogens with one attached hydrogen (secondary N) is 1. The van der Waals surface area contributed by atoms with Crippen molar-refractivity contribution in [1.82, 2.24) is 4.98 Å². The van der Waals surface area contributed by atoms with Gasteiger partial charge in [-0.3, -0.25) is 4.79 Å². The lowest BCUT2D eigenvalue weighted by Gasteiger charge is -2.21. The number of nitrogens with two attached hydrogens (primary N) is 1. The highest BCUT2D eigenvalue weighted by Crippen LogP contribution is 2.43. The van der Waals surface area contributed by atoms with Crippen LogP contribution in [0, 0.1) is 13.8 Å². The summed E-state index contributed by atoms with van der Waals surface area (Å²) in [4.78, 5) is 17.1. The zero-order valence-corrected chi connectivity index (χ0v) is 16.9. The number of fused-ring (bicyclic) bond motifs is 3. The monoisotopic (exact) mass is 419 g/mol. The number of alkyl halides is 3. The molecule has 0 radical (unpaired) electrons. The van der Waals surface area contributed by atoms with E-state index in [0.717, 1.165) is 28.9 Å². The fraction of sp³-hybridized carbons (Fsp3) is 0.333. The molecule has 1 aliphatic rings. The molecule has 4 nitrogen and oxygen atoms in total. The number of benzene rings is 1. The Morgan fingerprint density at radius 3 is 2.55 bits per heavy atom. The summed E-state index contributed by atoms with van der Waals surface area (Å²) < 4.78 is 40.7. The van der Waals surface area contributed by atoms with Crippen LogP contribution in [-0.4, -0.2) is 10.9 Å². The normalized spacial score (nSPS) is 14.1. The van der Waals surface area contributed by atoms with E-state index in [1.807, 2.05) is 32.0 Å². The van der Waals surface area contributed by atoms with Gasteiger partial charge in [0.2, 0.25) is 0 Å². The third-order valence-corrected chi connectivity index (χ3v) is 6.41. The van der Waals surface area contributed by atoms with E-state index in [2.05, 4.69) is 10.3 Å². The first-order chi connectivity index (χ1) is 13.7. The largest absolute Gasteiger partial charge is 0.433 e. The highest BCUT2D eigenvalue weighted by molar-refractivity contribution is 7.21. The van der Waals surface area contributed by atoms with E-state index in [1.165, 1.54) is 0 Å². The number of rotatable bonds is 2. The highest BCUT2D eigenvalue weighted by atomic mass is 32.1. The molecule has 8 heteroatoms. The van der Waals surface area contributed by atoms with Crippen molar-refractivity contribution in [2.24, 2.45) is 0 Å². The van der Waals surface area contributed by atoms with Gasteiger partial charge in [-0.2, -0.15) is 13.2 Å². The summed E-state index contributed by atoms with van der Waals surface area (Å²) in [5.74, 6) is -0.433. The number of nitrogen functional groups attached to an aromatic ring is 1. The maximum absolute atomic E-state index is 13.6. The molecule has 0 atom stereocenters. The van der Waals surface area contributed by atoms with Gasteiger partial charge in [0.1, 0.15) is 15.4 Å². The minimum Gasteiger partial charge on any atom is -0.397 e. The smallest absolute Gasteiger partial charge is 0.397 e. The second kappa shape index (κ2) is 7.02. The summed E-state index contributed by atoms with van der Waals surface area (Å²) in [5, 5.41) is 3.34. The lowest BCUT2D eigenvalue weighted by molar-refractivity contribution is -0.141. The van der Waals surface area contributed by atoms with Gasteiger partial charge in [-0.05, 0) is 67.9 Å². The van der Waals surface area contributed by atoms with Crippen molar-refractivity contribution in [3.63, 3.8) is 0 Å². The molecule has 0 aliphatic heterocycles. The van der Waals surface area contributed by atoms with E-state index in [9.17, 15) is 18.0 Å². The lowest BCUT2D eigenvalue weighted by Crippen LogP contribution is -2.17. The summed E-state index contributed by atoms with van der Waals surface area (Å²) in [6, 6.07) is 5.68. The van der Waals surface area contributed by atoms with Gasteiger partial charge < -0.3 is 11.1 Å². The van der Waals surface area contributed by atoms with Gasteiger partial charge in [0.25, 0.3) is 5.91 Å². The summed E-state index contributed by atoms with van der Waals surface area (Å²) in [6.45, 7) is 3.79. The molecule has 3 aromatic rings. The minimum absolute atomic E-state index is 0.168. The molecule has 0 saturated carbocycles. The number of halogens is 3. The summed E-state index contributed by atoms with van der Waals surface area (Å²) in [5.41, 5.74) is 8.98. The Morgan fingerprint density at radius 2 is 1.86 bits per heavy atom. The number of anilines is 2. The third-order valence-electron chi connectivity index (χ3n) is 5.31. The summed E-state index contributed by atoms with van der Waals surface area (Å²) in [6.07, 6.45) is -2.21. The van der Waals surface area contributed by atoms with Crippen LogP contribution in [0.25, 0.3) is 10.2 Å². The van der Waals surface area contributed by atoms with Crippen LogP contribution in [0.5, 0.6) is 0 Å². The molecule has 1 aromatic carbocycles. The molecule has 0 spiro atoms. The predicted octanol–water partition coefficient (Wildman–Crippen LogP) is 5.65. The zero-order valence-electron chi connectivity index (χ0n) is 16.0. The van der Waals surface area contributed by atoms with Crippen LogP contribution in [0.3, 0.4) is 0 Å². The SMILES string of the molecule is Cc1ccc(C)c(NC(=O)c2sc3nc(C(F)(F)F)c4c(c3c2N)CCCC4)c1. The number of aryl methyl sites for hydroxylation is 3. The molecule has 1 amide bonds. The first-order valence-corrected chi connectivity index (χ1v) is 10.2. The molecule has 0 unspecified atom stereocenters. The van der Waals surface area contributed by atoms with Gasteiger partial charge in [-0.15, -0.1) is 11.3 Å². The van der Waals surface area contributed by atoms with Gasteiger partial charge in [0, 0.05) is 11.1 Å². The number of aromatic nitrogens is 1. The van der Waals surface area contributed by atoms with Crippen molar-refractivity contribution < 1.29 is 18.0 Å². The fourth-order valence-electron chi connectivity index (χ4n) is 3.87. The Morgan fingerprint density at radius 1 is 1.17 bits per heavy atom. The van der Waals surface area contributed by atoms with Gasteiger partial charge in [0.05, 0.1) is 5.69 Å². The van der Waals surface area contributed by atoms with Crippen LogP contribution in [0.1, 0.15) is 50.5 Å². The van der Waals surface area contributed by atoms with Crippen LogP contribution in [-0.2, 0) is 19.0 Å². The van der Waals surface area contributed by atoms with Crippen LogP contribution in [0.4, 0.5) is 24.5 Å². The molecule has 0 saturated heterocycles. The number of carbonyl (C=O) groups is 1. The van der Waals surface area contributed by atoms with Gasteiger partial charge in [-0.1, -0.05) is 12.1 Å². The molecule has 2 aromatic heterocycles. The number of thiophene rings is 1. The van der Waals surface area contributed by atoms with Crippen molar-refractivity contribution >= 4 is 38.8 Å².